The molecule has 142 valence electrons. The molecule has 1 aromatic heterocycles. The lowest BCUT2D eigenvalue weighted by Gasteiger charge is -2.30. The van der Waals surface area contributed by atoms with Gasteiger partial charge in [0, 0.05) is 24.6 Å². The molecular weight excluding hydrogens is 358 g/mol. The summed E-state index contributed by atoms with van der Waals surface area (Å²) in [7, 11) is 0. The van der Waals surface area contributed by atoms with E-state index in [9.17, 15) is 20.0 Å². The second-order valence-electron chi connectivity index (χ2n) is 8.06. The van der Waals surface area contributed by atoms with Crippen LogP contribution in [-0.2, 0) is 14.3 Å². The highest BCUT2D eigenvalue weighted by molar-refractivity contribution is 6.26. The number of pyridine rings is 1. The highest BCUT2D eigenvalue weighted by Gasteiger charge is 2.73. The van der Waals surface area contributed by atoms with E-state index in [2.05, 4.69) is 11.1 Å². The van der Waals surface area contributed by atoms with Crippen LogP contribution in [-0.4, -0.2) is 39.7 Å². The van der Waals surface area contributed by atoms with Gasteiger partial charge in [-0.25, -0.2) is 4.90 Å². The normalized spacial score (nSPS) is 33.5. The van der Waals surface area contributed by atoms with Gasteiger partial charge in [-0.3, -0.25) is 14.6 Å². The van der Waals surface area contributed by atoms with Crippen molar-refractivity contribution in [1.82, 2.24) is 4.98 Å². The number of carbonyl (C=O) groups excluding carboxylic acids is 2. The molecule has 3 fully saturated rings. The summed E-state index contributed by atoms with van der Waals surface area (Å²) in [6.07, 6.45) is 3.28. The Hall–Kier alpha value is -2.82. The maximum Gasteiger partial charge on any atom is 0.240 e. The second kappa shape index (κ2) is 5.60. The minimum atomic E-state index is -0.781. The molecular formula is C21H19N3O4. The first-order chi connectivity index (χ1) is 13.5. The van der Waals surface area contributed by atoms with E-state index in [1.165, 1.54) is 4.90 Å². The van der Waals surface area contributed by atoms with Crippen LogP contribution in [0, 0.1) is 23.2 Å². The monoisotopic (exact) mass is 377 g/mol. The van der Waals surface area contributed by atoms with Crippen LogP contribution < -0.4 is 4.90 Å². The quantitative estimate of drug-likeness (QED) is 0.820. The lowest BCUT2D eigenvalue weighted by molar-refractivity contribution is -0.131. The molecule has 2 amide bonds. The Kier molecular flexibility index (Phi) is 3.46. The molecule has 4 atom stereocenters. The summed E-state index contributed by atoms with van der Waals surface area (Å²) in [5.41, 5.74) is -0.159. The second-order valence-corrected chi connectivity index (χ2v) is 8.06. The summed E-state index contributed by atoms with van der Waals surface area (Å²) in [6.45, 7) is 1.80. The highest BCUT2D eigenvalue weighted by atomic mass is 16.5. The van der Waals surface area contributed by atoms with Crippen LogP contribution in [0.25, 0.3) is 10.9 Å². The molecule has 4 heterocycles. The first-order valence-electron chi connectivity index (χ1n) is 9.42. The molecule has 5 rings (SSSR count). The summed E-state index contributed by atoms with van der Waals surface area (Å²) >= 11 is 0. The molecule has 3 saturated heterocycles. The van der Waals surface area contributed by atoms with Crippen molar-refractivity contribution in [3.63, 3.8) is 0 Å². The lowest BCUT2D eigenvalue weighted by Crippen LogP contribution is -2.42. The smallest absolute Gasteiger partial charge is 0.240 e. The molecule has 0 saturated carbocycles. The summed E-state index contributed by atoms with van der Waals surface area (Å²) < 4.78 is 6.22. The van der Waals surface area contributed by atoms with Crippen LogP contribution >= 0.6 is 0 Å². The van der Waals surface area contributed by atoms with Gasteiger partial charge in [-0.1, -0.05) is 0 Å². The number of hydrogen-bond donors (Lipinski definition) is 1. The number of nitriles is 1. The molecule has 0 spiro atoms. The van der Waals surface area contributed by atoms with Gasteiger partial charge in [-0.2, -0.15) is 5.26 Å². The number of rotatable bonds is 3. The van der Waals surface area contributed by atoms with Gasteiger partial charge in [0.15, 0.2) is 0 Å². The third-order valence-electron chi connectivity index (χ3n) is 6.65. The Labute approximate surface area is 161 Å². The molecule has 28 heavy (non-hydrogen) atoms. The van der Waals surface area contributed by atoms with Gasteiger partial charge in [0.2, 0.25) is 11.8 Å². The van der Waals surface area contributed by atoms with Crippen LogP contribution in [0.2, 0.25) is 0 Å². The van der Waals surface area contributed by atoms with Crippen LogP contribution in [0.5, 0.6) is 0 Å². The number of fused-ring (bicyclic) bond motifs is 6. The molecule has 3 aliphatic heterocycles. The van der Waals surface area contributed by atoms with Crippen molar-refractivity contribution in [2.75, 3.05) is 11.5 Å². The molecule has 7 heteroatoms. The highest BCUT2D eigenvalue weighted by Crippen LogP contribution is 2.62. The predicted molar refractivity (Wildman–Crippen MR) is 99.1 cm³/mol. The summed E-state index contributed by atoms with van der Waals surface area (Å²) in [4.78, 5) is 32.4. The summed E-state index contributed by atoms with van der Waals surface area (Å²) in [6, 6.07) is 8.83. The van der Waals surface area contributed by atoms with E-state index < -0.39 is 23.0 Å². The maximum atomic E-state index is 13.5. The largest absolute Gasteiger partial charge is 0.396 e. The molecule has 3 aliphatic rings. The molecule has 2 bridgehead atoms. The molecule has 0 radical (unpaired) electrons. The van der Waals surface area contributed by atoms with Crippen LogP contribution in [0.4, 0.5) is 5.69 Å². The number of nitrogens with zero attached hydrogens (tertiary/aromatic N) is 3. The predicted octanol–water partition coefficient (Wildman–Crippen LogP) is 1.92. The van der Waals surface area contributed by atoms with Gasteiger partial charge in [0.05, 0.1) is 39.8 Å². The molecule has 0 aliphatic carbocycles. The zero-order valence-electron chi connectivity index (χ0n) is 15.4. The van der Waals surface area contributed by atoms with Crippen molar-refractivity contribution in [3.8, 4) is 6.07 Å². The standard InChI is InChI=1S/C21H19N3O4/c1-20-6-7-21(28-20,8-10-25)16-15(20)18(26)24(19(16)27)14-5-4-12(11-22)17-13(14)3-2-9-23-17/h2-5,9,15-16,25H,6-8,10H2,1H3. The van der Waals surface area contributed by atoms with E-state index in [1.807, 2.05) is 6.92 Å². The Balaban J connectivity index is 1.67. The average molecular weight is 377 g/mol. The van der Waals surface area contributed by atoms with Crippen molar-refractivity contribution in [2.45, 2.75) is 37.4 Å². The van der Waals surface area contributed by atoms with Gasteiger partial charge in [0.1, 0.15) is 6.07 Å². The molecule has 4 unspecified atom stereocenters. The lowest BCUT2D eigenvalue weighted by atomic mass is 9.67. The van der Waals surface area contributed by atoms with Crippen LogP contribution in [0.3, 0.4) is 0 Å². The fraction of sp³-hybridized carbons (Fsp3) is 0.429. The fourth-order valence-corrected chi connectivity index (χ4v) is 5.48. The number of ether oxygens (including phenoxy) is 1. The van der Waals surface area contributed by atoms with E-state index in [0.717, 1.165) is 0 Å². The number of anilines is 1. The van der Waals surface area contributed by atoms with Crippen molar-refractivity contribution < 1.29 is 19.4 Å². The van der Waals surface area contributed by atoms with Gasteiger partial charge in [-0.15, -0.1) is 0 Å². The van der Waals surface area contributed by atoms with E-state index in [4.69, 9.17) is 4.74 Å². The summed E-state index contributed by atoms with van der Waals surface area (Å²) in [5.74, 6) is -1.70. The Morgan fingerprint density at radius 2 is 2.07 bits per heavy atom. The van der Waals surface area contributed by atoms with Gasteiger partial charge < -0.3 is 9.84 Å². The van der Waals surface area contributed by atoms with Crippen molar-refractivity contribution >= 4 is 28.4 Å². The van der Waals surface area contributed by atoms with Crippen molar-refractivity contribution in [1.29, 1.82) is 5.26 Å². The van der Waals surface area contributed by atoms with Crippen molar-refractivity contribution in [2.24, 2.45) is 11.8 Å². The SMILES string of the molecule is CC12CCC(CCO)(O1)C1C(=O)N(c3ccc(C#N)c4ncccc34)C(=O)C12. The van der Waals surface area contributed by atoms with Gasteiger partial charge in [0.25, 0.3) is 0 Å². The minimum Gasteiger partial charge on any atom is -0.396 e. The Morgan fingerprint density at radius 1 is 1.29 bits per heavy atom. The summed E-state index contributed by atoms with van der Waals surface area (Å²) in [5, 5.41) is 19.5. The topological polar surface area (TPSA) is 104 Å². The Bertz CT molecular complexity index is 1070. The number of aliphatic hydroxyl groups excluding tert-OH is 1. The first kappa shape index (κ1) is 17.3. The number of aliphatic hydroxyl groups is 1. The van der Waals surface area contributed by atoms with E-state index in [0.29, 0.717) is 41.4 Å². The number of benzene rings is 1. The number of aromatic nitrogens is 1. The first-order valence-corrected chi connectivity index (χ1v) is 9.42. The number of imide groups is 1. The Morgan fingerprint density at radius 3 is 2.82 bits per heavy atom. The van der Waals surface area contributed by atoms with Crippen LogP contribution in [0.1, 0.15) is 31.7 Å². The molecule has 1 aromatic carbocycles. The van der Waals surface area contributed by atoms with E-state index in [-0.39, 0.29) is 18.4 Å². The molecule has 2 aromatic rings. The van der Waals surface area contributed by atoms with Gasteiger partial charge >= 0.3 is 0 Å². The molecule has 1 N–H and O–H groups in total. The zero-order valence-corrected chi connectivity index (χ0v) is 15.4. The molecule has 7 nitrogen and oxygen atoms in total. The third-order valence-corrected chi connectivity index (χ3v) is 6.65. The van der Waals surface area contributed by atoms with Crippen LogP contribution in [0.15, 0.2) is 30.5 Å². The van der Waals surface area contributed by atoms with Gasteiger partial charge in [-0.05, 0) is 44.0 Å². The number of carbonyl (C=O) groups is 2. The van der Waals surface area contributed by atoms with E-state index >= 15 is 0 Å². The van der Waals surface area contributed by atoms with E-state index in [1.54, 1.807) is 30.5 Å². The zero-order chi connectivity index (χ0) is 19.7. The van der Waals surface area contributed by atoms with Crippen molar-refractivity contribution in [3.05, 3.63) is 36.0 Å². The number of hydrogen-bond acceptors (Lipinski definition) is 6. The number of amides is 2. The fourth-order valence-electron chi connectivity index (χ4n) is 5.48. The third kappa shape index (κ3) is 1.96. The average Bonchev–Trinajstić information content (AvgIpc) is 3.26. The minimum absolute atomic E-state index is 0.0928. The maximum absolute atomic E-state index is 13.5.